The molecule has 6 heteroatoms. The third-order valence-corrected chi connectivity index (χ3v) is 3.08. The highest BCUT2D eigenvalue weighted by atomic mass is 79.9. The molecule has 0 aromatic carbocycles. The van der Waals surface area contributed by atoms with Crippen LogP contribution in [0.15, 0.2) is 33.8 Å². The first-order valence-corrected chi connectivity index (χ1v) is 5.77. The van der Waals surface area contributed by atoms with Crippen molar-refractivity contribution in [3.8, 4) is 0 Å². The lowest BCUT2D eigenvalue weighted by molar-refractivity contribution is 0.526. The van der Waals surface area contributed by atoms with Gasteiger partial charge in [0.05, 0.1) is 18.5 Å². The van der Waals surface area contributed by atoms with E-state index in [0.29, 0.717) is 4.67 Å². The van der Waals surface area contributed by atoms with Gasteiger partial charge in [-0.05, 0) is 28.9 Å². The smallest absolute Gasteiger partial charge is 0.174 e. The van der Waals surface area contributed by atoms with E-state index in [-0.39, 0.29) is 6.04 Å². The summed E-state index contributed by atoms with van der Waals surface area (Å²) in [6.45, 7) is 2.87. The molecule has 2 aromatic rings. The predicted molar refractivity (Wildman–Crippen MR) is 63.5 cm³/mol. The van der Waals surface area contributed by atoms with Crippen LogP contribution < -0.4 is 11.3 Å². The van der Waals surface area contributed by atoms with Crippen molar-refractivity contribution in [2.24, 2.45) is 5.84 Å². The molecule has 0 aliphatic carbocycles. The first kappa shape index (κ1) is 11.4. The minimum atomic E-state index is -0.117. The summed E-state index contributed by atoms with van der Waals surface area (Å²) in [5.41, 5.74) is 4.72. The third-order valence-electron chi connectivity index (χ3n) is 2.43. The van der Waals surface area contributed by atoms with Crippen LogP contribution in [-0.4, -0.2) is 9.78 Å². The summed E-state index contributed by atoms with van der Waals surface area (Å²) in [5, 5.41) is 4.22. The first-order chi connectivity index (χ1) is 7.76. The van der Waals surface area contributed by atoms with E-state index < -0.39 is 0 Å². The summed E-state index contributed by atoms with van der Waals surface area (Å²) >= 11 is 3.34. The Labute approximate surface area is 102 Å². The van der Waals surface area contributed by atoms with Gasteiger partial charge in [0.1, 0.15) is 0 Å². The Morgan fingerprint density at radius 3 is 3.00 bits per heavy atom. The second-order valence-corrected chi connectivity index (χ2v) is 4.10. The van der Waals surface area contributed by atoms with E-state index in [9.17, 15) is 0 Å². The maximum Gasteiger partial charge on any atom is 0.174 e. The second-order valence-electron chi connectivity index (χ2n) is 3.38. The molecular formula is C10H13BrN4O. The lowest BCUT2D eigenvalue weighted by atomic mass is 10.1. The van der Waals surface area contributed by atoms with Crippen LogP contribution in [0.3, 0.4) is 0 Å². The van der Waals surface area contributed by atoms with Gasteiger partial charge in [0.25, 0.3) is 0 Å². The number of rotatable bonds is 4. The zero-order chi connectivity index (χ0) is 11.5. The molecular weight excluding hydrogens is 272 g/mol. The Morgan fingerprint density at radius 1 is 1.69 bits per heavy atom. The van der Waals surface area contributed by atoms with Gasteiger partial charge < -0.3 is 4.42 Å². The summed E-state index contributed by atoms with van der Waals surface area (Å²) < 4.78 is 7.73. The number of aromatic nitrogens is 2. The molecule has 0 spiro atoms. The lowest BCUT2D eigenvalue weighted by Crippen LogP contribution is -2.28. The maximum absolute atomic E-state index is 5.57. The zero-order valence-corrected chi connectivity index (χ0v) is 10.4. The Kier molecular flexibility index (Phi) is 3.42. The fourth-order valence-electron chi connectivity index (χ4n) is 1.58. The van der Waals surface area contributed by atoms with E-state index in [1.807, 2.05) is 23.9 Å². The molecule has 86 valence electrons. The summed E-state index contributed by atoms with van der Waals surface area (Å²) in [5.74, 6) is 5.57. The Bertz CT molecular complexity index is 465. The minimum absolute atomic E-state index is 0.117. The molecule has 2 heterocycles. The Morgan fingerprint density at radius 2 is 2.50 bits per heavy atom. The van der Waals surface area contributed by atoms with Crippen molar-refractivity contribution in [1.82, 2.24) is 15.2 Å². The molecule has 0 saturated heterocycles. The Balaban J connectivity index is 2.32. The van der Waals surface area contributed by atoms with Gasteiger partial charge in [-0.3, -0.25) is 10.5 Å². The molecule has 0 amide bonds. The fraction of sp³-hybridized carbons (Fsp3) is 0.300. The summed E-state index contributed by atoms with van der Waals surface area (Å²) in [6.07, 6.45) is 5.38. The van der Waals surface area contributed by atoms with Crippen LogP contribution in [0.25, 0.3) is 0 Å². The van der Waals surface area contributed by atoms with Gasteiger partial charge >= 0.3 is 0 Å². The number of nitrogens with zero attached hydrogens (tertiary/aromatic N) is 2. The van der Waals surface area contributed by atoms with Crippen molar-refractivity contribution in [2.75, 3.05) is 0 Å². The first-order valence-electron chi connectivity index (χ1n) is 4.97. The van der Waals surface area contributed by atoms with Crippen molar-refractivity contribution in [2.45, 2.75) is 19.5 Å². The van der Waals surface area contributed by atoms with Crippen LogP contribution >= 0.6 is 15.9 Å². The number of nitrogens with one attached hydrogen (secondary N) is 1. The highest BCUT2D eigenvalue weighted by Crippen LogP contribution is 2.28. The van der Waals surface area contributed by atoms with Gasteiger partial charge in [0.2, 0.25) is 0 Å². The molecule has 1 unspecified atom stereocenters. The number of hydrazine groups is 1. The highest BCUT2D eigenvalue weighted by Gasteiger charge is 2.18. The maximum atomic E-state index is 5.57. The average Bonchev–Trinajstić information content (AvgIpc) is 2.90. The van der Waals surface area contributed by atoms with Crippen LogP contribution in [-0.2, 0) is 6.54 Å². The van der Waals surface area contributed by atoms with Gasteiger partial charge in [0.15, 0.2) is 4.67 Å². The molecule has 0 radical (unpaired) electrons. The molecule has 0 aliphatic heterocycles. The van der Waals surface area contributed by atoms with Crippen LogP contribution in [0.2, 0.25) is 0 Å². The topological polar surface area (TPSA) is 69.0 Å². The predicted octanol–water partition coefficient (Wildman–Crippen LogP) is 1.81. The van der Waals surface area contributed by atoms with Crippen LogP contribution in [0, 0.1) is 0 Å². The number of hydrogen-bond donors (Lipinski definition) is 2. The van der Waals surface area contributed by atoms with E-state index >= 15 is 0 Å². The van der Waals surface area contributed by atoms with Gasteiger partial charge in [0, 0.05) is 23.9 Å². The molecule has 0 bridgehead atoms. The molecule has 0 aliphatic rings. The van der Waals surface area contributed by atoms with Crippen LogP contribution in [0.4, 0.5) is 0 Å². The number of hydrogen-bond acceptors (Lipinski definition) is 4. The van der Waals surface area contributed by atoms with Gasteiger partial charge in [-0.1, -0.05) is 0 Å². The molecule has 0 fully saturated rings. The van der Waals surface area contributed by atoms with Gasteiger partial charge in [-0.2, -0.15) is 5.10 Å². The molecule has 2 aromatic heterocycles. The molecule has 0 saturated carbocycles. The van der Waals surface area contributed by atoms with Crippen LogP contribution in [0.5, 0.6) is 0 Å². The normalized spacial score (nSPS) is 12.9. The van der Waals surface area contributed by atoms with Crippen molar-refractivity contribution in [1.29, 1.82) is 0 Å². The molecule has 1 atom stereocenters. The van der Waals surface area contributed by atoms with Gasteiger partial charge in [-0.15, -0.1) is 0 Å². The quantitative estimate of drug-likeness (QED) is 0.664. The van der Waals surface area contributed by atoms with E-state index in [1.54, 1.807) is 12.5 Å². The lowest BCUT2D eigenvalue weighted by Gasteiger charge is -2.12. The molecule has 16 heavy (non-hydrogen) atoms. The second kappa shape index (κ2) is 4.82. The third kappa shape index (κ3) is 2.04. The molecule has 3 N–H and O–H groups in total. The standard InChI is InChI=1S/C10H13BrN4O/c1-2-15-6-7(5-13-15)9(14-12)8-3-4-16-10(8)11/h3-6,9,14H,2,12H2,1H3. The summed E-state index contributed by atoms with van der Waals surface area (Å²) in [6, 6.07) is 1.76. The van der Waals surface area contributed by atoms with Crippen molar-refractivity contribution in [3.05, 3.63) is 40.5 Å². The number of halogens is 1. The van der Waals surface area contributed by atoms with Gasteiger partial charge in [-0.25, -0.2) is 5.43 Å². The largest absolute Gasteiger partial charge is 0.457 e. The number of furan rings is 1. The number of nitrogens with two attached hydrogens (primary N) is 1. The van der Waals surface area contributed by atoms with Crippen molar-refractivity contribution >= 4 is 15.9 Å². The van der Waals surface area contributed by atoms with E-state index in [2.05, 4.69) is 26.5 Å². The van der Waals surface area contributed by atoms with E-state index in [1.165, 1.54) is 0 Å². The Hall–Kier alpha value is -1.11. The summed E-state index contributed by atoms with van der Waals surface area (Å²) in [4.78, 5) is 0. The van der Waals surface area contributed by atoms with E-state index in [0.717, 1.165) is 17.7 Å². The van der Waals surface area contributed by atoms with E-state index in [4.69, 9.17) is 10.3 Å². The fourth-order valence-corrected chi connectivity index (χ4v) is 2.05. The van der Waals surface area contributed by atoms with Crippen molar-refractivity contribution in [3.63, 3.8) is 0 Å². The molecule has 2 rings (SSSR count). The average molecular weight is 285 g/mol. The zero-order valence-electron chi connectivity index (χ0n) is 8.85. The highest BCUT2D eigenvalue weighted by molar-refractivity contribution is 9.10. The monoisotopic (exact) mass is 284 g/mol. The summed E-state index contributed by atoms with van der Waals surface area (Å²) in [7, 11) is 0. The minimum Gasteiger partial charge on any atom is -0.457 e. The SMILES string of the molecule is CCn1cc(C(NN)c2ccoc2Br)cn1. The van der Waals surface area contributed by atoms with Crippen LogP contribution in [0.1, 0.15) is 24.1 Å². The number of aryl methyl sites for hydroxylation is 1. The van der Waals surface area contributed by atoms with Crippen molar-refractivity contribution < 1.29 is 4.42 Å². The molecule has 5 nitrogen and oxygen atoms in total.